The number of carbonyl (C=O) groups excluding carboxylic acids is 1. The van der Waals surface area contributed by atoms with Crippen LogP contribution in [0.1, 0.15) is 36.2 Å². The first kappa shape index (κ1) is 13.7. The van der Waals surface area contributed by atoms with E-state index in [-0.39, 0.29) is 17.8 Å². The second kappa shape index (κ2) is 6.48. The van der Waals surface area contributed by atoms with E-state index in [0.717, 1.165) is 16.9 Å². The Morgan fingerprint density at radius 1 is 1.32 bits per heavy atom. The first-order valence-electron chi connectivity index (χ1n) is 6.29. The van der Waals surface area contributed by atoms with E-state index < -0.39 is 0 Å². The maximum absolute atomic E-state index is 13.0. The molecule has 0 saturated heterocycles. The molecule has 100 valence electrons. The minimum absolute atomic E-state index is 0.0187. The highest BCUT2D eigenvalue weighted by Crippen LogP contribution is 2.26. The summed E-state index contributed by atoms with van der Waals surface area (Å²) >= 11 is 1.58. The number of hydrogen-bond acceptors (Lipinski definition) is 2. The molecule has 1 heterocycles. The van der Waals surface area contributed by atoms with Gasteiger partial charge in [-0.3, -0.25) is 4.79 Å². The molecule has 0 spiro atoms. The van der Waals surface area contributed by atoms with Gasteiger partial charge in [0.25, 0.3) is 0 Å². The van der Waals surface area contributed by atoms with Gasteiger partial charge in [-0.2, -0.15) is 0 Å². The minimum Gasteiger partial charge on any atom is -0.344 e. The summed E-state index contributed by atoms with van der Waals surface area (Å²) in [5.41, 5.74) is 0.897. The van der Waals surface area contributed by atoms with Crippen molar-refractivity contribution in [2.24, 2.45) is 0 Å². The predicted octanol–water partition coefficient (Wildman–Crippen LogP) is 3.89. The number of benzene rings is 1. The van der Waals surface area contributed by atoms with Crippen molar-refractivity contribution in [3.05, 3.63) is 58.0 Å². The van der Waals surface area contributed by atoms with E-state index in [4.69, 9.17) is 0 Å². The maximum Gasteiger partial charge on any atom is 0.220 e. The van der Waals surface area contributed by atoms with E-state index in [1.165, 1.54) is 12.1 Å². The molecule has 1 aromatic heterocycles. The van der Waals surface area contributed by atoms with Crippen molar-refractivity contribution in [1.29, 1.82) is 0 Å². The molecular weight excluding hydrogens is 261 g/mol. The van der Waals surface area contributed by atoms with Crippen LogP contribution < -0.4 is 5.32 Å². The number of hydrogen-bond donors (Lipinski definition) is 1. The molecule has 4 heteroatoms. The summed E-state index contributed by atoms with van der Waals surface area (Å²) in [4.78, 5) is 12.9. The first-order valence-corrected chi connectivity index (χ1v) is 7.17. The van der Waals surface area contributed by atoms with E-state index in [9.17, 15) is 9.18 Å². The minimum atomic E-state index is -0.270. The van der Waals surface area contributed by atoms with Gasteiger partial charge in [-0.15, -0.1) is 11.3 Å². The average molecular weight is 277 g/mol. The molecule has 0 aliphatic rings. The van der Waals surface area contributed by atoms with Crippen LogP contribution in [0.25, 0.3) is 0 Å². The van der Waals surface area contributed by atoms with Crippen molar-refractivity contribution in [2.75, 3.05) is 0 Å². The van der Waals surface area contributed by atoms with E-state index in [1.54, 1.807) is 23.5 Å². The lowest BCUT2D eigenvalue weighted by atomic mass is 10.0. The number of nitrogens with one attached hydrogen (secondary N) is 1. The molecule has 0 unspecified atom stereocenters. The second-order valence-corrected chi connectivity index (χ2v) is 5.30. The molecule has 2 rings (SSSR count). The number of carbonyl (C=O) groups is 1. The van der Waals surface area contributed by atoms with Crippen molar-refractivity contribution >= 4 is 17.2 Å². The topological polar surface area (TPSA) is 29.1 Å². The quantitative estimate of drug-likeness (QED) is 0.882. The third-order valence-corrected chi connectivity index (χ3v) is 3.75. The lowest BCUT2D eigenvalue weighted by Crippen LogP contribution is -2.28. The fourth-order valence-electron chi connectivity index (χ4n) is 1.89. The molecule has 0 fully saturated rings. The van der Waals surface area contributed by atoms with E-state index in [0.29, 0.717) is 6.42 Å². The highest BCUT2D eigenvalue weighted by Gasteiger charge is 2.17. The summed E-state index contributed by atoms with van der Waals surface area (Å²) in [6, 6.07) is 9.99. The van der Waals surface area contributed by atoms with Crippen molar-refractivity contribution < 1.29 is 9.18 Å². The average Bonchev–Trinajstić information content (AvgIpc) is 2.91. The van der Waals surface area contributed by atoms with Crippen LogP contribution in [-0.4, -0.2) is 5.91 Å². The summed E-state index contributed by atoms with van der Waals surface area (Å²) < 4.78 is 13.0. The normalized spacial score (nSPS) is 12.1. The van der Waals surface area contributed by atoms with Gasteiger partial charge in [0.2, 0.25) is 5.91 Å². The molecule has 1 N–H and O–H groups in total. The number of halogens is 1. The third-order valence-electron chi connectivity index (χ3n) is 2.81. The molecule has 1 aromatic carbocycles. The van der Waals surface area contributed by atoms with E-state index in [2.05, 4.69) is 5.32 Å². The van der Waals surface area contributed by atoms with Crippen molar-refractivity contribution in [2.45, 2.75) is 25.8 Å². The van der Waals surface area contributed by atoms with Gasteiger partial charge in [0.15, 0.2) is 0 Å². The Hall–Kier alpha value is -1.68. The number of rotatable bonds is 5. The fraction of sp³-hybridized carbons (Fsp3) is 0.267. The van der Waals surface area contributed by atoms with Gasteiger partial charge in [0, 0.05) is 11.3 Å². The van der Waals surface area contributed by atoms with Crippen LogP contribution in [0, 0.1) is 5.82 Å². The Morgan fingerprint density at radius 3 is 2.63 bits per heavy atom. The lowest BCUT2D eigenvalue weighted by Gasteiger charge is -2.18. The molecule has 0 saturated carbocycles. The summed E-state index contributed by atoms with van der Waals surface area (Å²) in [5.74, 6) is -0.251. The zero-order valence-electron chi connectivity index (χ0n) is 10.7. The van der Waals surface area contributed by atoms with Gasteiger partial charge in [-0.05, 0) is 35.6 Å². The van der Waals surface area contributed by atoms with Crippen LogP contribution in [0.2, 0.25) is 0 Å². The summed E-state index contributed by atoms with van der Waals surface area (Å²) in [5, 5.41) is 4.98. The van der Waals surface area contributed by atoms with Gasteiger partial charge in [0.1, 0.15) is 5.82 Å². The van der Waals surface area contributed by atoms with Crippen molar-refractivity contribution in [1.82, 2.24) is 5.32 Å². The zero-order valence-corrected chi connectivity index (χ0v) is 11.5. The van der Waals surface area contributed by atoms with Crippen LogP contribution in [0.15, 0.2) is 41.8 Å². The van der Waals surface area contributed by atoms with Crippen LogP contribution in [0.4, 0.5) is 4.39 Å². The molecule has 0 bridgehead atoms. The molecule has 1 amide bonds. The number of amides is 1. The molecule has 19 heavy (non-hydrogen) atoms. The molecule has 0 aliphatic carbocycles. The van der Waals surface area contributed by atoms with Crippen LogP contribution >= 0.6 is 11.3 Å². The molecule has 1 atom stereocenters. The maximum atomic E-state index is 13.0. The summed E-state index contributed by atoms with van der Waals surface area (Å²) in [7, 11) is 0. The number of thiophene rings is 1. The first-order chi connectivity index (χ1) is 9.20. The smallest absolute Gasteiger partial charge is 0.220 e. The Bertz CT molecular complexity index is 522. The molecular formula is C15H16FNOS. The highest BCUT2D eigenvalue weighted by molar-refractivity contribution is 7.10. The monoisotopic (exact) mass is 277 g/mol. The largest absolute Gasteiger partial charge is 0.344 e. The highest BCUT2D eigenvalue weighted by atomic mass is 32.1. The standard InChI is InChI=1S/C15H16FNOS/c1-2-4-14(18)17-15(13-5-3-10-19-13)11-6-8-12(16)9-7-11/h3,5-10,15H,2,4H2,1H3,(H,17,18)/t15-/m1/s1. The second-order valence-electron chi connectivity index (χ2n) is 4.32. The fourth-order valence-corrected chi connectivity index (χ4v) is 2.69. The third kappa shape index (κ3) is 3.64. The zero-order chi connectivity index (χ0) is 13.7. The van der Waals surface area contributed by atoms with Gasteiger partial charge in [-0.25, -0.2) is 4.39 Å². The molecule has 2 aromatic rings. The van der Waals surface area contributed by atoms with Gasteiger partial charge < -0.3 is 5.32 Å². The van der Waals surface area contributed by atoms with Crippen LogP contribution in [0.3, 0.4) is 0 Å². The van der Waals surface area contributed by atoms with Crippen molar-refractivity contribution in [3.8, 4) is 0 Å². The van der Waals surface area contributed by atoms with Crippen molar-refractivity contribution in [3.63, 3.8) is 0 Å². The van der Waals surface area contributed by atoms with Crippen LogP contribution in [0.5, 0.6) is 0 Å². The Labute approximate surface area is 116 Å². The Morgan fingerprint density at radius 2 is 2.05 bits per heavy atom. The lowest BCUT2D eigenvalue weighted by molar-refractivity contribution is -0.121. The van der Waals surface area contributed by atoms with Gasteiger partial charge >= 0.3 is 0 Å². The molecule has 0 radical (unpaired) electrons. The summed E-state index contributed by atoms with van der Waals surface area (Å²) in [6.45, 7) is 1.97. The molecule has 0 aliphatic heterocycles. The Balaban J connectivity index is 2.24. The predicted molar refractivity (Wildman–Crippen MR) is 75.6 cm³/mol. The van der Waals surface area contributed by atoms with Crippen LogP contribution in [-0.2, 0) is 4.79 Å². The molecule has 2 nitrogen and oxygen atoms in total. The summed E-state index contributed by atoms with van der Waals surface area (Å²) in [6.07, 6.45) is 1.31. The van der Waals surface area contributed by atoms with E-state index in [1.807, 2.05) is 24.4 Å². The van der Waals surface area contributed by atoms with E-state index >= 15 is 0 Å². The van der Waals surface area contributed by atoms with Gasteiger partial charge in [-0.1, -0.05) is 25.1 Å². The Kier molecular flexibility index (Phi) is 4.68. The SMILES string of the molecule is CCCC(=O)N[C@H](c1ccc(F)cc1)c1cccs1. The van der Waals surface area contributed by atoms with Gasteiger partial charge in [0.05, 0.1) is 6.04 Å².